The van der Waals surface area contributed by atoms with E-state index in [1.54, 1.807) is 24.3 Å². The molecule has 2 amide bonds. The number of rotatable bonds is 8. The molecule has 0 saturated carbocycles. The van der Waals surface area contributed by atoms with E-state index in [-0.39, 0.29) is 25.0 Å². The third-order valence-corrected chi connectivity index (χ3v) is 5.24. The first-order valence-electron chi connectivity index (χ1n) is 8.94. The number of carbonyl (C=O) groups is 2. The molecule has 0 radical (unpaired) electrons. The summed E-state index contributed by atoms with van der Waals surface area (Å²) < 4.78 is 13.1. The minimum absolute atomic E-state index is 0.110. The van der Waals surface area contributed by atoms with E-state index in [9.17, 15) is 9.59 Å². The highest BCUT2D eigenvalue weighted by Gasteiger charge is 2.07. The van der Waals surface area contributed by atoms with Crippen LogP contribution in [0.3, 0.4) is 0 Å². The molecule has 3 aromatic carbocycles. The van der Waals surface area contributed by atoms with Crippen molar-refractivity contribution in [1.82, 2.24) is 0 Å². The molecule has 0 unspecified atom stereocenters. The molecule has 154 valence electrons. The fourth-order valence-corrected chi connectivity index (χ4v) is 3.15. The number of amides is 2. The van der Waals surface area contributed by atoms with E-state index >= 15 is 0 Å². The lowest BCUT2D eigenvalue weighted by atomic mass is 10.2. The van der Waals surface area contributed by atoms with Crippen LogP contribution in [0, 0.1) is 7.14 Å². The van der Waals surface area contributed by atoms with Crippen LogP contribution < -0.4 is 20.1 Å². The van der Waals surface area contributed by atoms with Crippen LogP contribution in [0.5, 0.6) is 11.5 Å². The zero-order valence-corrected chi connectivity index (χ0v) is 20.0. The zero-order valence-electron chi connectivity index (χ0n) is 15.7. The Bertz CT molecular complexity index is 930. The number of hydrogen-bond donors (Lipinski definition) is 2. The second-order valence-electron chi connectivity index (χ2n) is 6.16. The fourth-order valence-electron chi connectivity index (χ4n) is 2.43. The second kappa shape index (κ2) is 11.2. The van der Waals surface area contributed by atoms with Crippen LogP contribution in [-0.4, -0.2) is 25.0 Å². The van der Waals surface area contributed by atoms with Crippen molar-refractivity contribution in [3.63, 3.8) is 0 Å². The van der Waals surface area contributed by atoms with Gasteiger partial charge in [-0.25, -0.2) is 0 Å². The summed E-state index contributed by atoms with van der Waals surface area (Å²) in [6.45, 7) is -0.220. The minimum atomic E-state index is -0.293. The van der Waals surface area contributed by atoms with E-state index in [0.717, 1.165) is 7.14 Å². The Balaban J connectivity index is 1.47. The van der Waals surface area contributed by atoms with Crippen molar-refractivity contribution in [1.29, 1.82) is 0 Å². The highest BCUT2D eigenvalue weighted by atomic mass is 127. The monoisotopic (exact) mass is 628 g/mol. The molecule has 6 nitrogen and oxygen atoms in total. The lowest BCUT2D eigenvalue weighted by Gasteiger charge is -2.10. The molecule has 0 fully saturated rings. The highest BCUT2D eigenvalue weighted by Crippen LogP contribution is 2.17. The molecule has 0 spiro atoms. The molecule has 0 aromatic heterocycles. The van der Waals surface area contributed by atoms with E-state index in [1.807, 2.05) is 48.5 Å². The Kier molecular flexibility index (Phi) is 8.31. The van der Waals surface area contributed by atoms with Gasteiger partial charge in [-0.15, -0.1) is 0 Å². The van der Waals surface area contributed by atoms with E-state index in [2.05, 4.69) is 55.8 Å². The Morgan fingerprint density at radius 3 is 1.47 bits per heavy atom. The molecule has 0 aliphatic rings. The molecule has 30 heavy (non-hydrogen) atoms. The number of carbonyl (C=O) groups excluding carboxylic acids is 2. The fraction of sp³-hybridized carbons (Fsp3) is 0.0909. The Hall–Kier alpha value is -2.34. The average molecular weight is 628 g/mol. The molecular formula is C22H18I2N2O4. The van der Waals surface area contributed by atoms with Crippen molar-refractivity contribution < 1.29 is 19.1 Å². The van der Waals surface area contributed by atoms with Gasteiger partial charge in [0.25, 0.3) is 11.8 Å². The summed E-state index contributed by atoms with van der Waals surface area (Å²) >= 11 is 4.40. The first kappa shape index (κ1) is 22.3. The van der Waals surface area contributed by atoms with Gasteiger partial charge in [-0.3, -0.25) is 9.59 Å². The van der Waals surface area contributed by atoms with Gasteiger partial charge >= 0.3 is 0 Å². The lowest BCUT2D eigenvalue weighted by molar-refractivity contribution is -0.118. The van der Waals surface area contributed by atoms with Crippen molar-refractivity contribution >= 4 is 68.4 Å². The SMILES string of the molecule is O=C(COc1ccc(I)cc1)Nc1cccc(NC(=O)COc2ccc(I)cc2)c1. The number of halogens is 2. The lowest BCUT2D eigenvalue weighted by Crippen LogP contribution is -2.21. The largest absolute Gasteiger partial charge is 0.484 e. The summed E-state index contributed by atoms with van der Waals surface area (Å²) in [5, 5.41) is 5.50. The molecule has 0 atom stereocenters. The van der Waals surface area contributed by atoms with E-state index in [4.69, 9.17) is 9.47 Å². The second-order valence-corrected chi connectivity index (χ2v) is 8.65. The van der Waals surface area contributed by atoms with Gasteiger partial charge < -0.3 is 20.1 Å². The van der Waals surface area contributed by atoms with Crippen LogP contribution in [0.25, 0.3) is 0 Å². The zero-order chi connectivity index (χ0) is 21.3. The first-order chi connectivity index (χ1) is 14.5. The smallest absolute Gasteiger partial charge is 0.262 e. The standard InChI is InChI=1S/C22H18I2N2O4/c23-15-4-8-19(9-5-15)29-13-21(27)25-17-2-1-3-18(12-17)26-22(28)14-30-20-10-6-16(24)7-11-20/h1-12H,13-14H2,(H,25,27)(H,26,28). The van der Waals surface area contributed by atoms with Crippen molar-refractivity contribution in [2.45, 2.75) is 0 Å². The Morgan fingerprint density at radius 1 is 0.667 bits per heavy atom. The van der Waals surface area contributed by atoms with Crippen LogP contribution >= 0.6 is 45.2 Å². The van der Waals surface area contributed by atoms with Gasteiger partial charge in [0, 0.05) is 18.5 Å². The third-order valence-electron chi connectivity index (χ3n) is 3.80. The van der Waals surface area contributed by atoms with Gasteiger partial charge in [-0.1, -0.05) is 6.07 Å². The minimum Gasteiger partial charge on any atom is -0.484 e. The molecule has 2 N–H and O–H groups in total. The van der Waals surface area contributed by atoms with Gasteiger partial charge in [0.05, 0.1) is 0 Å². The van der Waals surface area contributed by atoms with Crippen molar-refractivity contribution in [3.8, 4) is 11.5 Å². The van der Waals surface area contributed by atoms with Crippen LogP contribution in [-0.2, 0) is 9.59 Å². The van der Waals surface area contributed by atoms with Crippen LogP contribution in [0.4, 0.5) is 11.4 Å². The summed E-state index contributed by atoms with van der Waals surface area (Å²) in [6, 6.07) is 21.7. The quantitative estimate of drug-likeness (QED) is 0.347. The van der Waals surface area contributed by atoms with Gasteiger partial charge in [0.1, 0.15) is 11.5 Å². The predicted molar refractivity (Wildman–Crippen MR) is 133 cm³/mol. The molecule has 0 saturated heterocycles. The Morgan fingerprint density at radius 2 is 1.07 bits per heavy atom. The van der Waals surface area contributed by atoms with Gasteiger partial charge in [0.2, 0.25) is 0 Å². The van der Waals surface area contributed by atoms with Gasteiger partial charge in [0.15, 0.2) is 13.2 Å². The number of ether oxygens (including phenoxy) is 2. The molecule has 3 aromatic rings. The van der Waals surface area contributed by atoms with Crippen molar-refractivity contribution in [2.75, 3.05) is 23.8 Å². The predicted octanol–water partition coefficient (Wildman–Crippen LogP) is 4.93. The maximum absolute atomic E-state index is 12.1. The van der Waals surface area contributed by atoms with Crippen LogP contribution in [0.2, 0.25) is 0 Å². The van der Waals surface area contributed by atoms with Crippen molar-refractivity contribution in [2.24, 2.45) is 0 Å². The van der Waals surface area contributed by atoms with E-state index < -0.39 is 0 Å². The normalized spacial score (nSPS) is 10.2. The molecule has 0 heterocycles. The third kappa shape index (κ3) is 7.48. The first-order valence-corrected chi connectivity index (χ1v) is 11.1. The average Bonchev–Trinajstić information content (AvgIpc) is 2.73. The molecule has 8 heteroatoms. The molecule has 3 rings (SSSR count). The van der Waals surface area contributed by atoms with Gasteiger partial charge in [-0.05, 0) is 112 Å². The van der Waals surface area contributed by atoms with E-state index in [1.165, 1.54) is 0 Å². The van der Waals surface area contributed by atoms with Crippen molar-refractivity contribution in [3.05, 3.63) is 79.9 Å². The Labute approximate surface area is 201 Å². The molecule has 0 aliphatic heterocycles. The van der Waals surface area contributed by atoms with Crippen LogP contribution in [0.15, 0.2) is 72.8 Å². The van der Waals surface area contributed by atoms with E-state index in [0.29, 0.717) is 22.9 Å². The summed E-state index contributed by atoms with van der Waals surface area (Å²) in [4.78, 5) is 24.2. The number of nitrogens with one attached hydrogen (secondary N) is 2. The van der Waals surface area contributed by atoms with Gasteiger partial charge in [-0.2, -0.15) is 0 Å². The highest BCUT2D eigenvalue weighted by molar-refractivity contribution is 14.1. The summed E-state index contributed by atoms with van der Waals surface area (Å²) in [5.41, 5.74) is 1.12. The molecule has 0 bridgehead atoms. The number of hydrogen-bond acceptors (Lipinski definition) is 4. The molecular weight excluding hydrogens is 610 g/mol. The maximum Gasteiger partial charge on any atom is 0.262 e. The number of anilines is 2. The summed E-state index contributed by atoms with van der Waals surface area (Å²) in [6.07, 6.45) is 0. The molecule has 0 aliphatic carbocycles. The number of benzene rings is 3. The topological polar surface area (TPSA) is 76.7 Å². The maximum atomic E-state index is 12.1. The van der Waals surface area contributed by atoms with Crippen LogP contribution in [0.1, 0.15) is 0 Å². The summed E-state index contributed by atoms with van der Waals surface area (Å²) in [5.74, 6) is 0.664. The summed E-state index contributed by atoms with van der Waals surface area (Å²) in [7, 11) is 0.